The van der Waals surface area contributed by atoms with Gasteiger partial charge in [-0.2, -0.15) is 0 Å². The van der Waals surface area contributed by atoms with Crippen LogP contribution in [0.1, 0.15) is 30.5 Å². The summed E-state index contributed by atoms with van der Waals surface area (Å²) in [5.41, 5.74) is 10.2. The largest absolute Gasteiger partial charge is 0.399 e. The number of nitrogens with two attached hydrogens (primary N) is 1. The predicted octanol–water partition coefficient (Wildman–Crippen LogP) is 2.54. The van der Waals surface area contributed by atoms with Crippen LogP contribution in [0.15, 0.2) is 35.2 Å². The molecule has 1 atom stereocenters. The van der Waals surface area contributed by atoms with Crippen LogP contribution in [0.5, 0.6) is 0 Å². The molecular formula is C14H17N3OS. The monoisotopic (exact) mass is 275 g/mol. The molecule has 5 heteroatoms. The number of anilines is 1. The molecular weight excluding hydrogens is 258 g/mol. The Hall–Kier alpha value is -1.88. The van der Waals surface area contributed by atoms with E-state index in [2.05, 4.69) is 10.3 Å². The number of thiazole rings is 1. The molecule has 0 spiro atoms. The van der Waals surface area contributed by atoms with Crippen LogP contribution in [-0.4, -0.2) is 10.9 Å². The van der Waals surface area contributed by atoms with E-state index >= 15 is 0 Å². The summed E-state index contributed by atoms with van der Waals surface area (Å²) in [7, 11) is 0. The average molecular weight is 275 g/mol. The molecule has 2 aromatic rings. The predicted molar refractivity (Wildman–Crippen MR) is 77.8 cm³/mol. The Balaban J connectivity index is 1.83. The molecule has 1 aromatic carbocycles. The summed E-state index contributed by atoms with van der Waals surface area (Å²) in [6, 6.07) is 7.65. The van der Waals surface area contributed by atoms with Crippen molar-refractivity contribution in [2.75, 3.05) is 5.73 Å². The molecule has 100 valence electrons. The van der Waals surface area contributed by atoms with Crippen molar-refractivity contribution in [3.05, 3.63) is 46.4 Å². The van der Waals surface area contributed by atoms with E-state index in [4.69, 9.17) is 5.73 Å². The van der Waals surface area contributed by atoms with Gasteiger partial charge in [0.15, 0.2) is 0 Å². The standard InChI is InChI=1S/C14H17N3OS/c1-10(11-2-4-12(15)5-3-11)6-14(18)16-7-13-8-19-9-17-13/h2-5,8-10H,6-7,15H2,1H3,(H,16,18). The zero-order chi connectivity index (χ0) is 13.7. The van der Waals surface area contributed by atoms with Gasteiger partial charge < -0.3 is 11.1 Å². The number of benzene rings is 1. The van der Waals surface area contributed by atoms with Crippen molar-refractivity contribution in [2.45, 2.75) is 25.8 Å². The van der Waals surface area contributed by atoms with Crippen molar-refractivity contribution < 1.29 is 4.79 Å². The molecule has 1 heterocycles. The first-order chi connectivity index (χ1) is 9.15. The lowest BCUT2D eigenvalue weighted by Gasteiger charge is -2.12. The fourth-order valence-electron chi connectivity index (χ4n) is 1.81. The van der Waals surface area contributed by atoms with Gasteiger partial charge >= 0.3 is 0 Å². The fraction of sp³-hybridized carbons (Fsp3) is 0.286. The molecule has 0 bridgehead atoms. The highest BCUT2D eigenvalue weighted by atomic mass is 32.1. The van der Waals surface area contributed by atoms with Crippen molar-refractivity contribution in [1.82, 2.24) is 10.3 Å². The lowest BCUT2D eigenvalue weighted by molar-refractivity contribution is -0.121. The summed E-state index contributed by atoms with van der Waals surface area (Å²) in [5.74, 6) is 0.216. The first-order valence-corrected chi connectivity index (χ1v) is 7.08. The summed E-state index contributed by atoms with van der Waals surface area (Å²) in [4.78, 5) is 16.0. The van der Waals surface area contributed by atoms with Crippen LogP contribution in [0.4, 0.5) is 5.69 Å². The quantitative estimate of drug-likeness (QED) is 0.824. The first kappa shape index (κ1) is 13.5. The van der Waals surface area contributed by atoms with Gasteiger partial charge in [-0.15, -0.1) is 11.3 Å². The third kappa shape index (κ3) is 4.06. The van der Waals surface area contributed by atoms with Gasteiger partial charge in [-0.05, 0) is 23.6 Å². The number of hydrogen-bond acceptors (Lipinski definition) is 4. The van der Waals surface area contributed by atoms with E-state index in [9.17, 15) is 4.79 Å². The summed E-state index contributed by atoms with van der Waals surface area (Å²) in [5, 5.41) is 4.81. The van der Waals surface area contributed by atoms with Gasteiger partial charge in [-0.3, -0.25) is 4.79 Å². The molecule has 1 aromatic heterocycles. The lowest BCUT2D eigenvalue weighted by Crippen LogP contribution is -2.24. The first-order valence-electron chi connectivity index (χ1n) is 6.14. The van der Waals surface area contributed by atoms with Crippen LogP contribution in [0.25, 0.3) is 0 Å². The number of aromatic nitrogens is 1. The number of hydrogen-bond donors (Lipinski definition) is 2. The number of nitrogen functional groups attached to an aromatic ring is 1. The molecule has 0 radical (unpaired) electrons. The topological polar surface area (TPSA) is 68.0 Å². The summed E-state index contributed by atoms with van der Waals surface area (Å²) < 4.78 is 0. The molecule has 4 nitrogen and oxygen atoms in total. The third-order valence-electron chi connectivity index (χ3n) is 2.95. The van der Waals surface area contributed by atoms with Gasteiger partial charge in [0.05, 0.1) is 17.7 Å². The minimum atomic E-state index is 0.0392. The summed E-state index contributed by atoms with van der Waals surface area (Å²) in [6.45, 7) is 2.53. The van der Waals surface area contributed by atoms with E-state index in [1.54, 1.807) is 5.51 Å². The summed E-state index contributed by atoms with van der Waals surface area (Å²) in [6.07, 6.45) is 0.466. The molecule has 3 N–H and O–H groups in total. The van der Waals surface area contributed by atoms with E-state index in [-0.39, 0.29) is 11.8 Å². The number of nitrogens with one attached hydrogen (secondary N) is 1. The van der Waals surface area contributed by atoms with E-state index in [0.29, 0.717) is 13.0 Å². The van der Waals surface area contributed by atoms with Gasteiger partial charge in [-0.25, -0.2) is 4.98 Å². The second-order valence-corrected chi connectivity index (χ2v) is 5.25. The highest BCUT2D eigenvalue weighted by Crippen LogP contribution is 2.19. The van der Waals surface area contributed by atoms with Crippen molar-refractivity contribution in [3.8, 4) is 0 Å². The molecule has 0 aliphatic heterocycles. The molecule has 0 saturated carbocycles. The van der Waals surface area contributed by atoms with Crippen molar-refractivity contribution in [2.24, 2.45) is 0 Å². The number of amides is 1. The summed E-state index contributed by atoms with van der Waals surface area (Å²) >= 11 is 1.53. The maximum atomic E-state index is 11.8. The molecule has 1 unspecified atom stereocenters. The van der Waals surface area contributed by atoms with Crippen LogP contribution in [-0.2, 0) is 11.3 Å². The molecule has 0 fully saturated rings. The Morgan fingerprint density at radius 3 is 2.79 bits per heavy atom. The highest BCUT2D eigenvalue weighted by Gasteiger charge is 2.11. The smallest absolute Gasteiger partial charge is 0.220 e. The molecule has 0 aliphatic carbocycles. The molecule has 19 heavy (non-hydrogen) atoms. The average Bonchev–Trinajstić information content (AvgIpc) is 2.90. The van der Waals surface area contributed by atoms with Crippen LogP contribution >= 0.6 is 11.3 Å². The second-order valence-electron chi connectivity index (χ2n) is 4.53. The van der Waals surface area contributed by atoms with Gasteiger partial charge in [0, 0.05) is 17.5 Å². The SMILES string of the molecule is CC(CC(=O)NCc1cscn1)c1ccc(N)cc1. The Morgan fingerprint density at radius 2 is 2.16 bits per heavy atom. The Kier molecular flexibility index (Phi) is 4.52. The van der Waals surface area contributed by atoms with Crippen molar-refractivity contribution in [3.63, 3.8) is 0 Å². The number of carbonyl (C=O) groups excluding carboxylic acids is 1. The minimum absolute atomic E-state index is 0.0392. The zero-order valence-corrected chi connectivity index (χ0v) is 11.6. The van der Waals surface area contributed by atoms with Crippen LogP contribution < -0.4 is 11.1 Å². The lowest BCUT2D eigenvalue weighted by atomic mass is 9.97. The molecule has 2 rings (SSSR count). The second kappa shape index (κ2) is 6.33. The highest BCUT2D eigenvalue weighted by molar-refractivity contribution is 7.07. The number of rotatable bonds is 5. The Labute approximate surface area is 116 Å². The molecule has 0 aliphatic rings. The van der Waals surface area contributed by atoms with Crippen LogP contribution in [0.2, 0.25) is 0 Å². The van der Waals surface area contributed by atoms with E-state index in [1.165, 1.54) is 11.3 Å². The van der Waals surface area contributed by atoms with Crippen LogP contribution in [0.3, 0.4) is 0 Å². The number of carbonyl (C=O) groups is 1. The fourth-order valence-corrected chi connectivity index (χ4v) is 2.37. The van der Waals surface area contributed by atoms with E-state index in [0.717, 1.165) is 16.9 Å². The number of nitrogens with zero attached hydrogens (tertiary/aromatic N) is 1. The maximum Gasteiger partial charge on any atom is 0.220 e. The van der Waals surface area contributed by atoms with E-state index < -0.39 is 0 Å². The maximum absolute atomic E-state index is 11.8. The Morgan fingerprint density at radius 1 is 1.42 bits per heavy atom. The van der Waals surface area contributed by atoms with E-state index in [1.807, 2.05) is 36.6 Å². The Bertz CT molecular complexity index is 522. The van der Waals surface area contributed by atoms with Gasteiger partial charge in [0.1, 0.15) is 0 Å². The van der Waals surface area contributed by atoms with Crippen LogP contribution in [0, 0.1) is 0 Å². The molecule has 1 amide bonds. The normalized spacial score (nSPS) is 12.1. The third-order valence-corrected chi connectivity index (χ3v) is 3.58. The molecule has 0 saturated heterocycles. The van der Waals surface area contributed by atoms with Crippen molar-refractivity contribution >= 4 is 22.9 Å². The minimum Gasteiger partial charge on any atom is -0.399 e. The van der Waals surface area contributed by atoms with Crippen molar-refractivity contribution in [1.29, 1.82) is 0 Å². The van der Waals surface area contributed by atoms with Gasteiger partial charge in [0.25, 0.3) is 0 Å². The zero-order valence-electron chi connectivity index (χ0n) is 10.8. The van der Waals surface area contributed by atoms with Gasteiger partial charge in [0.2, 0.25) is 5.91 Å². The van der Waals surface area contributed by atoms with Gasteiger partial charge in [-0.1, -0.05) is 19.1 Å².